The number of hydrogen-bond acceptors (Lipinski definition) is 4. The van der Waals surface area contributed by atoms with E-state index < -0.39 is 5.79 Å². The number of benzene rings is 1. The Hall–Kier alpha value is -1.10. The number of phenolic OH excluding ortho intramolecular Hbond substituents is 1. The third-order valence-corrected chi connectivity index (χ3v) is 8.12. The molecule has 5 unspecified atom stereocenters. The standard InChI is InChI=1S/C19H22O4/c1-21-19(11-3-2-4-16(20)8-11)18(22-23-19)14-6-12-5-13-7-15(18)10-17(12,13)9-14/h2-4,8,12-15,20H,5-7,9-10H2,1H3. The van der Waals surface area contributed by atoms with Crippen LogP contribution in [0.15, 0.2) is 24.3 Å². The van der Waals surface area contributed by atoms with Gasteiger partial charge in [0, 0.05) is 12.7 Å². The van der Waals surface area contributed by atoms with Crippen molar-refractivity contribution >= 4 is 0 Å². The first kappa shape index (κ1) is 13.2. The minimum absolute atomic E-state index is 0.246. The van der Waals surface area contributed by atoms with Crippen LogP contribution in [-0.4, -0.2) is 17.8 Å². The quantitative estimate of drug-likeness (QED) is 0.851. The number of rotatable bonds is 2. The summed E-state index contributed by atoms with van der Waals surface area (Å²) in [6.07, 6.45) is 6.47. The fraction of sp³-hybridized carbons (Fsp3) is 0.684. The third-order valence-electron chi connectivity index (χ3n) is 8.12. The van der Waals surface area contributed by atoms with Crippen molar-refractivity contribution < 1.29 is 19.6 Å². The first-order valence-corrected chi connectivity index (χ1v) is 8.86. The number of ether oxygens (including phenoxy) is 1. The fourth-order valence-electron chi connectivity index (χ4n) is 7.34. The maximum absolute atomic E-state index is 9.94. The number of aromatic hydroxyl groups is 1. The lowest BCUT2D eigenvalue weighted by molar-refractivity contribution is -0.638. The van der Waals surface area contributed by atoms with Gasteiger partial charge in [0.25, 0.3) is 5.79 Å². The molecule has 1 N–H and O–H groups in total. The van der Waals surface area contributed by atoms with E-state index in [-0.39, 0.29) is 11.4 Å². The summed E-state index contributed by atoms with van der Waals surface area (Å²) in [5.41, 5.74) is 1.13. The van der Waals surface area contributed by atoms with E-state index in [9.17, 15) is 5.11 Å². The molecule has 1 heterocycles. The van der Waals surface area contributed by atoms with Crippen molar-refractivity contribution in [2.24, 2.45) is 29.1 Å². The highest BCUT2D eigenvalue weighted by Gasteiger charge is 2.83. The van der Waals surface area contributed by atoms with Crippen molar-refractivity contribution in [2.45, 2.75) is 43.5 Å². The van der Waals surface area contributed by atoms with Crippen LogP contribution in [-0.2, 0) is 20.3 Å². The van der Waals surface area contributed by atoms with Gasteiger partial charge in [-0.25, -0.2) is 4.89 Å². The molecule has 4 aliphatic carbocycles. The molecule has 6 rings (SSSR count). The highest BCUT2D eigenvalue weighted by atomic mass is 17.3. The lowest BCUT2D eigenvalue weighted by atomic mass is 9.55. The second kappa shape index (κ2) is 3.76. The summed E-state index contributed by atoms with van der Waals surface area (Å²) in [5, 5.41) is 9.94. The largest absolute Gasteiger partial charge is 0.508 e. The summed E-state index contributed by atoms with van der Waals surface area (Å²) < 4.78 is 6.00. The second-order valence-corrected chi connectivity index (χ2v) is 8.47. The van der Waals surface area contributed by atoms with E-state index in [2.05, 4.69) is 0 Å². The minimum atomic E-state index is -0.867. The van der Waals surface area contributed by atoms with Crippen LogP contribution in [0.3, 0.4) is 0 Å². The minimum Gasteiger partial charge on any atom is -0.508 e. The Balaban J connectivity index is 1.51. The third kappa shape index (κ3) is 1.17. The molecule has 1 saturated heterocycles. The van der Waals surface area contributed by atoms with Gasteiger partial charge in [0.05, 0.1) is 0 Å². The Morgan fingerprint density at radius 2 is 1.74 bits per heavy atom. The molecule has 23 heavy (non-hydrogen) atoms. The van der Waals surface area contributed by atoms with Crippen molar-refractivity contribution in [3.63, 3.8) is 0 Å². The maximum Gasteiger partial charge on any atom is 0.260 e. The van der Waals surface area contributed by atoms with E-state index in [1.54, 1.807) is 19.2 Å². The van der Waals surface area contributed by atoms with Gasteiger partial charge in [-0.2, -0.15) is 4.89 Å². The van der Waals surface area contributed by atoms with Gasteiger partial charge in [-0.3, -0.25) is 0 Å². The molecular weight excluding hydrogens is 292 g/mol. The maximum atomic E-state index is 9.94. The smallest absolute Gasteiger partial charge is 0.260 e. The van der Waals surface area contributed by atoms with Crippen LogP contribution < -0.4 is 0 Å². The topological polar surface area (TPSA) is 47.9 Å². The molecule has 0 aromatic heterocycles. The van der Waals surface area contributed by atoms with Crippen LogP contribution in [0, 0.1) is 29.1 Å². The molecule has 4 nitrogen and oxygen atoms in total. The Bertz CT molecular complexity index is 672. The van der Waals surface area contributed by atoms with Gasteiger partial charge >= 0.3 is 0 Å². The lowest BCUT2D eigenvalue weighted by Crippen LogP contribution is -2.72. The monoisotopic (exact) mass is 314 g/mol. The van der Waals surface area contributed by atoms with Gasteiger partial charge in [0.1, 0.15) is 5.75 Å². The van der Waals surface area contributed by atoms with Crippen molar-refractivity contribution in [3.05, 3.63) is 29.8 Å². The summed E-state index contributed by atoms with van der Waals surface area (Å²) in [6, 6.07) is 7.29. The van der Waals surface area contributed by atoms with Crippen LogP contribution in [0.1, 0.15) is 37.7 Å². The van der Waals surface area contributed by atoms with E-state index in [0.717, 1.165) is 17.4 Å². The summed E-state index contributed by atoms with van der Waals surface area (Å²) in [4.78, 5) is 11.7. The summed E-state index contributed by atoms with van der Waals surface area (Å²) in [7, 11) is 1.71. The van der Waals surface area contributed by atoms with Gasteiger partial charge in [-0.1, -0.05) is 12.1 Å². The van der Waals surface area contributed by atoms with Gasteiger partial charge < -0.3 is 9.84 Å². The van der Waals surface area contributed by atoms with E-state index in [0.29, 0.717) is 17.3 Å². The molecule has 0 amide bonds. The van der Waals surface area contributed by atoms with Gasteiger partial charge in [-0.15, -0.1) is 0 Å². The molecule has 5 fully saturated rings. The average Bonchev–Trinajstić information content (AvgIpc) is 2.89. The number of hydrogen-bond donors (Lipinski definition) is 1. The van der Waals surface area contributed by atoms with Crippen LogP contribution in [0.25, 0.3) is 0 Å². The lowest BCUT2D eigenvalue weighted by Gasteiger charge is -2.61. The van der Waals surface area contributed by atoms with Crippen LogP contribution >= 0.6 is 0 Å². The van der Waals surface area contributed by atoms with Crippen molar-refractivity contribution in [2.75, 3.05) is 7.11 Å². The number of phenols is 1. The zero-order valence-corrected chi connectivity index (χ0v) is 13.3. The van der Waals surface area contributed by atoms with Crippen LogP contribution in [0.5, 0.6) is 5.75 Å². The van der Waals surface area contributed by atoms with E-state index in [1.807, 2.05) is 12.1 Å². The van der Waals surface area contributed by atoms with Crippen LogP contribution in [0.4, 0.5) is 0 Å². The van der Waals surface area contributed by atoms with Crippen molar-refractivity contribution in [3.8, 4) is 5.75 Å². The number of methoxy groups -OCH3 is 1. The molecule has 1 aliphatic heterocycles. The summed E-state index contributed by atoms with van der Waals surface area (Å²) >= 11 is 0. The first-order valence-electron chi connectivity index (χ1n) is 8.86. The second-order valence-electron chi connectivity index (χ2n) is 8.47. The Labute approximate surface area is 135 Å². The molecule has 4 saturated carbocycles. The normalized spacial score (nSPS) is 54.8. The molecule has 5 atom stereocenters. The average molecular weight is 314 g/mol. The Morgan fingerprint density at radius 1 is 1.04 bits per heavy atom. The summed E-state index contributed by atoms with van der Waals surface area (Å²) in [6.45, 7) is 0. The first-order chi connectivity index (χ1) is 11.1. The Morgan fingerprint density at radius 3 is 2.30 bits per heavy atom. The molecule has 122 valence electrons. The van der Waals surface area contributed by atoms with Crippen molar-refractivity contribution in [1.29, 1.82) is 0 Å². The van der Waals surface area contributed by atoms with E-state index in [4.69, 9.17) is 14.5 Å². The zero-order chi connectivity index (χ0) is 15.4. The van der Waals surface area contributed by atoms with E-state index >= 15 is 0 Å². The molecule has 4 heteroatoms. The Kier molecular flexibility index (Phi) is 2.16. The zero-order valence-electron chi connectivity index (χ0n) is 13.3. The predicted molar refractivity (Wildman–Crippen MR) is 81.2 cm³/mol. The fourth-order valence-corrected chi connectivity index (χ4v) is 7.34. The van der Waals surface area contributed by atoms with Gasteiger partial charge in [0.2, 0.25) is 0 Å². The molecule has 1 aromatic rings. The molecule has 1 aromatic carbocycles. The highest BCUT2D eigenvalue weighted by Crippen LogP contribution is 2.81. The molecule has 3 bridgehead atoms. The molecule has 2 spiro atoms. The molecular formula is C19H22O4. The molecule has 5 aliphatic rings. The highest BCUT2D eigenvalue weighted by molar-refractivity contribution is 5.37. The van der Waals surface area contributed by atoms with Crippen molar-refractivity contribution in [1.82, 2.24) is 0 Å². The van der Waals surface area contributed by atoms with E-state index in [1.165, 1.54) is 32.1 Å². The molecule has 0 radical (unpaired) electrons. The SMILES string of the molecule is COC1(c2cccc(O)c2)OOC12C1CC3CC4CC2CC34C1. The summed E-state index contributed by atoms with van der Waals surface area (Å²) in [5.74, 6) is 2.18. The van der Waals surface area contributed by atoms with Gasteiger partial charge in [-0.05, 0) is 73.3 Å². The van der Waals surface area contributed by atoms with Gasteiger partial charge in [0.15, 0.2) is 5.60 Å². The van der Waals surface area contributed by atoms with Crippen LogP contribution in [0.2, 0.25) is 0 Å². The number of fused-ring (bicyclic) bond motifs is 4. The predicted octanol–water partition coefficient (Wildman–Crippen LogP) is 3.35.